The van der Waals surface area contributed by atoms with Crippen LogP contribution in [0.3, 0.4) is 0 Å². The van der Waals surface area contributed by atoms with Gasteiger partial charge >= 0.3 is 0 Å². The summed E-state index contributed by atoms with van der Waals surface area (Å²) in [7, 11) is 0. The lowest BCUT2D eigenvalue weighted by Crippen LogP contribution is -2.44. The molecule has 1 unspecified atom stereocenters. The van der Waals surface area contributed by atoms with Crippen LogP contribution in [0.1, 0.15) is 43.8 Å². The fraction of sp³-hybridized carbons (Fsp3) is 0.550. The first-order chi connectivity index (χ1) is 11.8. The van der Waals surface area contributed by atoms with Gasteiger partial charge in [0.1, 0.15) is 0 Å². The lowest BCUT2D eigenvalue weighted by Gasteiger charge is -2.32. The van der Waals surface area contributed by atoms with Crippen molar-refractivity contribution >= 4 is 5.91 Å². The zero-order valence-corrected chi connectivity index (χ0v) is 14.4. The van der Waals surface area contributed by atoms with Crippen molar-refractivity contribution in [3.05, 3.63) is 47.5 Å². The number of allylic oxidation sites excluding steroid dienone is 1. The Bertz CT molecular complexity index is 556. The van der Waals surface area contributed by atoms with Crippen molar-refractivity contribution in [2.24, 2.45) is 0 Å². The third-order valence-corrected chi connectivity index (χ3v) is 4.84. The summed E-state index contributed by atoms with van der Waals surface area (Å²) in [5.74, 6) is 0.125. The molecule has 1 fully saturated rings. The Balaban J connectivity index is 1.40. The van der Waals surface area contributed by atoms with E-state index in [1.165, 1.54) is 36.8 Å². The molecule has 0 bridgehead atoms. The molecule has 1 heterocycles. The van der Waals surface area contributed by atoms with Gasteiger partial charge in [0.15, 0.2) is 0 Å². The van der Waals surface area contributed by atoms with Crippen molar-refractivity contribution in [2.75, 3.05) is 32.8 Å². The van der Waals surface area contributed by atoms with Crippen LogP contribution in [0.2, 0.25) is 0 Å². The molecule has 1 aromatic rings. The number of ether oxygens (including phenoxy) is 1. The molecule has 1 N–H and O–H groups in total. The molecule has 130 valence electrons. The third-order valence-electron chi connectivity index (χ3n) is 4.84. The monoisotopic (exact) mass is 328 g/mol. The normalized spacial score (nSPS) is 22.0. The predicted octanol–water partition coefficient (Wildman–Crippen LogP) is 3.07. The van der Waals surface area contributed by atoms with Crippen LogP contribution in [0, 0.1) is 0 Å². The quantitative estimate of drug-likeness (QED) is 0.816. The Morgan fingerprint density at radius 2 is 2.12 bits per heavy atom. The Kier molecular flexibility index (Phi) is 6.44. The summed E-state index contributed by atoms with van der Waals surface area (Å²) in [5, 5.41) is 3.07. The van der Waals surface area contributed by atoms with Crippen molar-refractivity contribution in [1.82, 2.24) is 10.2 Å². The molecule has 0 saturated carbocycles. The van der Waals surface area contributed by atoms with Crippen molar-refractivity contribution < 1.29 is 9.53 Å². The molecule has 1 amide bonds. The summed E-state index contributed by atoms with van der Waals surface area (Å²) in [6.07, 6.45) is 8.45. The molecule has 3 rings (SSSR count). The Hall–Kier alpha value is -1.65. The van der Waals surface area contributed by atoms with E-state index >= 15 is 0 Å². The number of carbonyl (C=O) groups excluding carboxylic acids is 1. The third kappa shape index (κ3) is 5.18. The van der Waals surface area contributed by atoms with E-state index in [2.05, 4.69) is 28.4 Å². The first kappa shape index (κ1) is 17.2. The highest BCUT2D eigenvalue weighted by molar-refractivity contribution is 5.78. The average molecular weight is 328 g/mol. The molecule has 1 aromatic carbocycles. The molecule has 0 aromatic heterocycles. The van der Waals surface area contributed by atoms with Crippen LogP contribution in [-0.2, 0) is 9.53 Å². The predicted molar refractivity (Wildman–Crippen MR) is 95.8 cm³/mol. The zero-order chi connectivity index (χ0) is 16.6. The molecule has 24 heavy (non-hydrogen) atoms. The molecular weight excluding hydrogens is 300 g/mol. The standard InChI is InChI=1S/C20H28N2O2/c23-20(21-12-11-17-7-3-1-4-8-17)16-22-13-14-24-19(15-22)18-9-5-2-6-10-18/h2,5-7,9-10,19H,1,3-4,8,11-16H2,(H,21,23). The van der Waals surface area contributed by atoms with E-state index in [9.17, 15) is 4.79 Å². The lowest BCUT2D eigenvalue weighted by atomic mass is 9.97. The largest absolute Gasteiger partial charge is 0.371 e. The summed E-state index contributed by atoms with van der Waals surface area (Å²) < 4.78 is 5.86. The maximum Gasteiger partial charge on any atom is 0.234 e. The van der Waals surface area contributed by atoms with Crippen molar-refractivity contribution in [2.45, 2.75) is 38.2 Å². The molecule has 4 heteroatoms. The maximum atomic E-state index is 12.2. The number of benzene rings is 1. The topological polar surface area (TPSA) is 41.6 Å². The zero-order valence-electron chi connectivity index (χ0n) is 14.4. The van der Waals surface area contributed by atoms with Gasteiger partial charge in [-0.15, -0.1) is 0 Å². The Morgan fingerprint density at radius 3 is 2.92 bits per heavy atom. The van der Waals surface area contributed by atoms with Gasteiger partial charge in [-0.1, -0.05) is 42.0 Å². The average Bonchev–Trinajstić information content (AvgIpc) is 2.63. The number of hydrogen-bond acceptors (Lipinski definition) is 3. The number of carbonyl (C=O) groups is 1. The van der Waals surface area contributed by atoms with Gasteiger partial charge in [0.05, 0.1) is 19.3 Å². The Morgan fingerprint density at radius 1 is 1.25 bits per heavy atom. The van der Waals surface area contributed by atoms with Crippen LogP contribution in [-0.4, -0.2) is 43.6 Å². The molecule has 0 radical (unpaired) electrons. The molecule has 4 nitrogen and oxygen atoms in total. The van der Waals surface area contributed by atoms with Gasteiger partial charge in [0.25, 0.3) is 0 Å². The molecule has 2 aliphatic rings. The van der Waals surface area contributed by atoms with E-state index in [1.54, 1.807) is 0 Å². The first-order valence-electron chi connectivity index (χ1n) is 9.15. The van der Waals surface area contributed by atoms with Crippen LogP contribution in [0.5, 0.6) is 0 Å². The highest BCUT2D eigenvalue weighted by atomic mass is 16.5. The number of nitrogens with zero attached hydrogens (tertiary/aromatic N) is 1. The molecule has 1 aliphatic heterocycles. The highest BCUT2D eigenvalue weighted by Gasteiger charge is 2.23. The second-order valence-corrected chi connectivity index (χ2v) is 6.71. The maximum absolute atomic E-state index is 12.2. The van der Waals surface area contributed by atoms with Gasteiger partial charge < -0.3 is 10.1 Å². The Labute approximate surface area is 144 Å². The minimum absolute atomic E-state index is 0.0696. The minimum atomic E-state index is 0.0696. The second kappa shape index (κ2) is 9.00. The minimum Gasteiger partial charge on any atom is -0.371 e. The van der Waals surface area contributed by atoms with E-state index in [1.807, 2.05) is 18.2 Å². The van der Waals surface area contributed by atoms with Gasteiger partial charge in [-0.2, -0.15) is 0 Å². The second-order valence-electron chi connectivity index (χ2n) is 6.71. The van der Waals surface area contributed by atoms with Crippen LogP contribution in [0.15, 0.2) is 42.0 Å². The van der Waals surface area contributed by atoms with Crippen molar-refractivity contribution in [3.8, 4) is 0 Å². The number of rotatable bonds is 6. The molecule has 1 aliphatic carbocycles. The number of nitrogens with one attached hydrogen (secondary N) is 1. The SMILES string of the molecule is O=C(CN1CCOC(c2ccccc2)C1)NCCC1=CCCCC1. The van der Waals surface area contributed by atoms with Crippen LogP contribution in [0.4, 0.5) is 0 Å². The fourth-order valence-corrected chi connectivity index (χ4v) is 3.47. The number of hydrogen-bond donors (Lipinski definition) is 1. The summed E-state index contributed by atoms with van der Waals surface area (Å²) in [6.45, 7) is 3.51. The van der Waals surface area contributed by atoms with Gasteiger partial charge in [0.2, 0.25) is 5.91 Å². The number of morpholine rings is 1. The van der Waals surface area contributed by atoms with E-state index < -0.39 is 0 Å². The van der Waals surface area contributed by atoms with Gasteiger partial charge in [-0.25, -0.2) is 0 Å². The van der Waals surface area contributed by atoms with Crippen LogP contribution < -0.4 is 5.32 Å². The highest BCUT2D eigenvalue weighted by Crippen LogP contribution is 2.22. The molecule has 0 spiro atoms. The molecule has 1 saturated heterocycles. The first-order valence-corrected chi connectivity index (χ1v) is 9.15. The van der Waals surface area contributed by atoms with Crippen LogP contribution >= 0.6 is 0 Å². The van der Waals surface area contributed by atoms with Crippen molar-refractivity contribution in [3.63, 3.8) is 0 Å². The van der Waals surface area contributed by atoms with E-state index in [4.69, 9.17) is 4.74 Å². The fourth-order valence-electron chi connectivity index (χ4n) is 3.47. The van der Waals surface area contributed by atoms with Gasteiger partial charge in [-0.05, 0) is 37.7 Å². The summed E-state index contributed by atoms with van der Waals surface area (Å²) in [4.78, 5) is 14.4. The van der Waals surface area contributed by atoms with E-state index in [-0.39, 0.29) is 12.0 Å². The molecular formula is C20H28N2O2. The summed E-state index contributed by atoms with van der Waals surface area (Å²) in [5.41, 5.74) is 2.70. The summed E-state index contributed by atoms with van der Waals surface area (Å²) in [6, 6.07) is 10.3. The van der Waals surface area contributed by atoms with Crippen LogP contribution in [0.25, 0.3) is 0 Å². The smallest absolute Gasteiger partial charge is 0.234 e. The van der Waals surface area contributed by atoms with Gasteiger partial charge in [0, 0.05) is 19.6 Å². The lowest BCUT2D eigenvalue weighted by molar-refractivity contribution is -0.124. The van der Waals surface area contributed by atoms with Gasteiger partial charge in [-0.3, -0.25) is 9.69 Å². The van der Waals surface area contributed by atoms with E-state index in [0.29, 0.717) is 13.2 Å². The van der Waals surface area contributed by atoms with Crippen molar-refractivity contribution in [1.29, 1.82) is 0 Å². The van der Waals surface area contributed by atoms with E-state index in [0.717, 1.165) is 26.1 Å². The molecule has 1 atom stereocenters. The number of amides is 1. The summed E-state index contributed by atoms with van der Waals surface area (Å²) >= 11 is 0.